The van der Waals surface area contributed by atoms with Crippen LogP contribution in [0, 0.1) is 0 Å². The molecule has 2 aromatic heterocycles. The molecule has 23 heavy (non-hydrogen) atoms. The zero-order valence-electron chi connectivity index (χ0n) is 13.9. The molecular weight excluding hydrogens is 286 g/mol. The van der Waals surface area contributed by atoms with Gasteiger partial charge < -0.3 is 9.88 Å². The second-order valence-electron chi connectivity index (χ2n) is 6.67. The molecule has 3 aromatic rings. The van der Waals surface area contributed by atoms with Crippen LogP contribution < -0.4 is 5.32 Å². The summed E-state index contributed by atoms with van der Waals surface area (Å²) in [5, 5.41) is 7.93. The highest BCUT2D eigenvalue weighted by Crippen LogP contribution is 2.15. The van der Waals surface area contributed by atoms with E-state index >= 15 is 0 Å². The molecule has 0 amide bonds. The van der Waals surface area contributed by atoms with Gasteiger partial charge >= 0.3 is 0 Å². The van der Waals surface area contributed by atoms with Crippen molar-refractivity contribution < 1.29 is 0 Å². The van der Waals surface area contributed by atoms with Gasteiger partial charge in [0, 0.05) is 37.2 Å². The van der Waals surface area contributed by atoms with Crippen molar-refractivity contribution in [2.75, 3.05) is 0 Å². The molecule has 0 saturated carbocycles. The lowest BCUT2D eigenvalue weighted by Gasteiger charge is -2.18. The quantitative estimate of drug-likeness (QED) is 0.788. The summed E-state index contributed by atoms with van der Waals surface area (Å²) in [5.41, 5.74) is 3.61. The number of nitrogens with zero attached hydrogens (tertiary/aromatic N) is 4. The van der Waals surface area contributed by atoms with Crippen LogP contribution in [-0.2, 0) is 18.6 Å². The summed E-state index contributed by atoms with van der Waals surface area (Å²) in [7, 11) is 0. The zero-order valence-corrected chi connectivity index (χ0v) is 13.9. The second kappa shape index (κ2) is 6.38. The summed E-state index contributed by atoms with van der Waals surface area (Å²) in [6, 6.07) is 8.36. The molecule has 0 aliphatic heterocycles. The van der Waals surface area contributed by atoms with E-state index in [9.17, 15) is 0 Å². The fraction of sp³-hybridized carbons (Fsp3) is 0.333. The molecule has 0 radical (unpaired) electrons. The van der Waals surface area contributed by atoms with Crippen LogP contribution in [0.25, 0.3) is 5.69 Å². The van der Waals surface area contributed by atoms with Crippen LogP contribution in [-0.4, -0.2) is 19.3 Å². The first kappa shape index (κ1) is 15.5. The molecule has 1 N–H and O–H groups in total. The summed E-state index contributed by atoms with van der Waals surface area (Å²) in [5.74, 6) is 0. The van der Waals surface area contributed by atoms with E-state index < -0.39 is 0 Å². The van der Waals surface area contributed by atoms with Crippen LogP contribution >= 0.6 is 0 Å². The van der Waals surface area contributed by atoms with E-state index in [1.165, 1.54) is 11.1 Å². The molecule has 0 fully saturated rings. The Labute approximate surface area is 137 Å². The summed E-state index contributed by atoms with van der Waals surface area (Å²) in [6.45, 7) is 8.05. The number of rotatable bonds is 5. The maximum atomic E-state index is 4.44. The smallest absolute Gasteiger partial charge is 0.0991 e. The summed E-state index contributed by atoms with van der Waals surface area (Å²) >= 11 is 0. The van der Waals surface area contributed by atoms with Gasteiger partial charge in [-0.2, -0.15) is 5.10 Å². The third-order valence-corrected chi connectivity index (χ3v) is 3.74. The maximum Gasteiger partial charge on any atom is 0.0991 e. The topological polar surface area (TPSA) is 47.7 Å². The molecule has 0 spiro atoms. The van der Waals surface area contributed by atoms with Crippen LogP contribution in [0.4, 0.5) is 0 Å². The number of benzene rings is 1. The van der Waals surface area contributed by atoms with Crippen LogP contribution in [0.3, 0.4) is 0 Å². The minimum absolute atomic E-state index is 0.0201. The van der Waals surface area contributed by atoms with Crippen molar-refractivity contribution in [3.63, 3.8) is 0 Å². The minimum atomic E-state index is 0.0201. The first-order valence-electron chi connectivity index (χ1n) is 7.85. The highest BCUT2D eigenvalue weighted by Gasteiger charge is 2.13. The number of hydrogen-bond acceptors (Lipinski definition) is 3. The Balaban J connectivity index is 1.65. The molecule has 1 aromatic carbocycles. The van der Waals surface area contributed by atoms with E-state index in [1.54, 1.807) is 6.20 Å². The highest BCUT2D eigenvalue weighted by atomic mass is 15.3. The Bertz CT molecular complexity index is 750. The monoisotopic (exact) mass is 309 g/mol. The normalized spacial score (nSPS) is 11.8. The van der Waals surface area contributed by atoms with Gasteiger partial charge in [-0.3, -0.25) is 4.68 Å². The fourth-order valence-electron chi connectivity index (χ4n) is 2.47. The standard InChI is InChI=1S/C18H23N5/c1-18(2,3)23-13-15(11-21-23)10-20-12-16-6-4-5-7-17(16)22-9-8-19-14-22/h4-9,11,13-14,20H,10,12H2,1-3H3. The molecule has 120 valence electrons. The van der Waals surface area contributed by atoms with Gasteiger partial charge in [0.05, 0.1) is 23.8 Å². The van der Waals surface area contributed by atoms with Gasteiger partial charge in [-0.1, -0.05) is 18.2 Å². The first-order valence-corrected chi connectivity index (χ1v) is 7.85. The van der Waals surface area contributed by atoms with Crippen molar-refractivity contribution in [3.05, 3.63) is 66.5 Å². The molecule has 0 bridgehead atoms. The van der Waals surface area contributed by atoms with Crippen LogP contribution in [0.2, 0.25) is 0 Å². The van der Waals surface area contributed by atoms with E-state index in [0.717, 1.165) is 18.8 Å². The van der Waals surface area contributed by atoms with Crippen molar-refractivity contribution in [3.8, 4) is 5.69 Å². The van der Waals surface area contributed by atoms with E-state index in [-0.39, 0.29) is 5.54 Å². The van der Waals surface area contributed by atoms with Gasteiger partial charge in [0.15, 0.2) is 0 Å². The molecule has 0 aliphatic rings. The van der Waals surface area contributed by atoms with Gasteiger partial charge in [0.2, 0.25) is 0 Å². The number of aromatic nitrogens is 4. The third-order valence-electron chi connectivity index (χ3n) is 3.74. The van der Waals surface area contributed by atoms with Crippen molar-refractivity contribution in [2.45, 2.75) is 39.4 Å². The van der Waals surface area contributed by atoms with Gasteiger partial charge in [-0.25, -0.2) is 4.98 Å². The van der Waals surface area contributed by atoms with E-state index in [1.807, 2.05) is 34.0 Å². The number of para-hydroxylation sites is 1. The lowest BCUT2D eigenvalue weighted by Crippen LogP contribution is -2.22. The molecule has 3 rings (SSSR count). The van der Waals surface area contributed by atoms with Crippen molar-refractivity contribution in [2.24, 2.45) is 0 Å². The zero-order chi connectivity index (χ0) is 16.3. The second-order valence-corrected chi connectivity index (χ2v) is 6.67. The molecular formula is C18H23N5. The fourth-order valence-corrected chi connectivity index (χ4v) is 2.47. The molecule has 0 unspecified atom stereocenters. The van der Waals surface area contributed by atoms with Crippen molar-refractivity contribution in [1.82, 2.24) is 24.6 Å². The van der Waals surface area contributed by atoms with E-state index in [4.69, 9.17) is 0 Å². The Kier molecular flexibility index (Phi) is 4.30. The SMILES string of the molecule is CC(C)(C)n1cc(CNCc2ccccc2-n2ccnc2)cn1. The molecule has 0 aliphatic carbocycles. The average molecular weight is 309 g/mol. The summed E-state index contributed by atoms with van der Waals surface area (Å²) < 4.78 is 4.04. The van der Waals surface area contributed by atoms with Gasteiger partial charge in [0.1, 0.15) is 0 Å². The number of nitrogens with one attached hydrogen (secondary N) is 1. The van der Waals surface area contributed by atoms with Gasteiger partial charge in [0.25, 0.3) is 0 Å². The molecule has 2 heterocycles. The van der Waals surface area contributed by atoms with E-state index in [2.05, 4.69) is 60.6 Å². The maximum absolute atomic E-state index is 4.44. The molecule has 5 heteroatoms. The Hall–Kier alpha value is -2.40. The molecule has 5 nitrogen and oxygen atoms in total. The lowest BCUT2D eigenvalue weighted by molar-refractivity contribution is 0.355. The first-order chi connectivity index (χ1) is 11.0. The molecule has 0 saturated heterocycles. The number of hydrogen-bond donors (Lipinski definition) is 1. The predicted octanol–water partition coefficient (Wildman–Crippen LogP) is 3.11. The third kappa shape index (κ3) is 3.68. The van der Waals surface area contributed by atoms with Gasteiger partial charge in [-0.05, 0) is 32.4 Å². The highest BCUT2D eigenvalue weighted by molar-refractivity contribution is 5.40. The lowest BCUT2D eigenvalue weighted by atomic mass is 10.1. The Morgan fingerprint density at radius 3 is 2.65 bits per heavy atom. The minimum Gasteiger partial charge on any atom is -0.308 e. The summed E-state index contributed by atoms with van der Waals surface area (Å²) in [4.78, 5) is 4.12. The van der Waals surface area contributed by atoms with Crippen molar-refractivity contribution in [1.29, 1.82) is 0 Å². The predicted molar refractivity (Wildman–Crippen MR) is 91.3 cm³/mol. The largest absolute Gasteiger partial charge is 0.308 e. The summed E-state index contributed by atoms with van der Waals surface area (Å²) in [6.07, 6.45) is 9.62. The number of imidazole rings is 1. The molecule has 0 atom stereocenters. The van der Waals surface area contributed by atoms with Crippen LogP contribution in [0.15, 0.2) is 55.4 Å². The van der Waals surface area contributed by atoms with Gasteiger partial charge in [-0.15, -0.1) is 0 Å². The van der Waals surface area contributed by atoms with E-state index in [0.29, 0.717) is 0 Å². The van der Waals surface area contributed by atoms with Crippen LogP contribution in [0.5, 0.6) is 0 Å². The Morgan fingerprint density at radius 2 is 1.96 bits per heavy atom. The van der Waals surface area contributed by atoms with Crippen molar-refractivity contribution >= 4 is 0 Å². The average Bonchev–Trinajstić information content (AvgIpc) is 3.19. The Morgan fingerprint density at radius 1 is 1.13 bits per heavy atom. The van der Waals surface area contributed by atoms with Crippen LogP contribution in [0.1, 0.15) is 31.9 Å².